The molecule has 1 rings (SSSR count). The molecule has 0 aromatic heterocycles. The van der Waals surface area contributed by atoms with Gasteiger partial charge in [0.2, 0.25) is 0 Å². The van der Waals surface area contributed by atoms with Gasteiger partial charge in [0.25, 0.3) is 0 Å². The number of ether oxygens (including phenoxy) is 1. The Morgan fingerprint density at radius 2 is 1.94 bits per heavy atom. The van der Waals surface area contributed by atoms with Gasteiger partial charge in [-0.2, -0.15) is 0 Å². The van der Waals surface area contributed by atoms with Gasteiger partial charge in [-0.1, -0.05) is 39.5 Å². The van der Waals surface area contributed by atoms with E-state index in [0.717, 1.165) is 19.1 Å². The Labute approximate surface area is 107 Å². The lowest BCUT2D eigenvalue weighted by molar-refractivity contribution is -0.0257. The lowest BCUT2D eigenvalue weighted by Crippen LogP contribution is -2.36. The van der Waals surface area contributed by atoms with E-state index in [0.29, 0.717) is 12.0 Å². The van der Waals surface area contributed by atoms with Crippen LogP contribution in [0.3, 0.4) is 0 Å². The minimum Gasteiger partial charge on any atom is -0.378 e. The first-order valence-corrected chi connectivity index (χ1v) is 7.63. The number of hydrogen-bond acceptors (Lipinski definition) is 2. The minimum absolute atomic E-state index is 0.446. The van der Waals surface area contributed by atoms with Gasteiger partial charge in [-0.15, -0.1) is 0 Å². The van der Waals surface area contributed by atoms with Crippen LogP contribution in [0.2, 0.25) is 0 Å². The Balaban J connectivity index is 2.29. The fraction of sp³-hybridized carbons (Fsp3) is 1.00. The average Bonchev–Trinajstić information content (AvgIpc) is 2.35. The van der Waals surface area contributed by atoms with E-state index < -0.39 is 0 Å². The summed E-state index contributed by atoms with van der Waals surface area (Å²) < 4.78 is 6.09. The molecule has 1 aliphatic rings. The summed E-state index contributed by atoms with van der Waals surface area (Å²) in [5.74, 6) is 1.50. The van der Waals surface area contributed by atoms with Gasteiger partial charge in [0.15, 0.2) is 0 Å². The van der Waals surface area contributed by atoms with Crippen LogP contribution >= 0.6 is 0 Å². The lowest BCUT2D eigenvalue weighted by Gasteiger charge is -2.35. The van der Waals surface area contributed by atoms with Crippen LogP contribution in [-0.4, -0.2) is 19.3 Å². The van der Waals surface area contributed by atoms with Crippen LogP contribution in [0.1, 0.15) is 65.2 Å². The van der Waals surface area contributed by atoms with E-state index >= 15 is 0 Å². The molecular weight excluding hydrogens is 210 g/mol. The molecule has 3 atom stereocenters. The first kappa shape index (κ1) is 15.0. The van der Waals surface area contributed by atoms with E-state index in [1.54, 1.807) is 0 Å². The van der Waals surface area contributed by atoms with E-state index in [-0.39, 0.29) is 0 Å². The zero-order valence-electron chi connectivity index (χ0n) is 11.8. The standard InChI is InChI=1S/C15H31NO/c1-3-5-6-10-17-15-11-13(7-4-2)8-9-14(15)12-16/h13-15H,3-12,16H2,1-2H3. The van der Waals surface area contributed by atoms with E-state index in [9.17, 15) is 0 Å². The molecule has 0 radical (unpaired) electrons. The SMILES string of the molecule is CCCCCOC1CC(CCC)CCC1CN. The van der Waals surface area contributed by atoms with E-state index in [1.165, 1.54) is 51.4 Å². The molecule has 2 N–H and O–H groups in total. The molecule has 0 aliphatic heterocycles. The molecule has 1 aliphatic carbocycles. The van der Waals surface area contributed by atoms with Gasteiger partial charge in [0.05, 0.1) is 6.10 Å². The van der Waals surface area contributed by atoms with Gasteiger partial charge >= 0.3 is 0 Å². The molecule has 0 heterocycles. The van der Waals surface area contributed by atoms with E-state index in [1.807, 2.05) is 0 Å². The second kappa shape index (κ2) is 8.93. The van der Waals surface area contributed by atoms with Crippen molar-refractivity contribution in [1.82, 2.24) is 0 Å². The lowest BCUT2D eigenvalue weighted by atomic mass is 9.78. The van der Waals surface area contributed by atoms with Crippen molar-refractivity contribution in [2.45, 2.75) is 71.3 Å². The number of unbranched alkanes of at least 4 members (excludes halogenated alkanes) is 2. The molecule has 0 bridgehead atoms. The molecular formula is C15H31NO. The van der Waals surface area contributed by atoms with Crippen LogP contribution in [0.25, 0.3) is 0 Å². The molecule has 102 valence electrons. The summed E-state index contributed by atoms with van der Waals surface area (Å²) in [6.45, 7) is 6.26. The molecule has 0 aromatic rings. The molecule has 3 unspecified atom stereocenters. The summed E-state index contributed by atoms with van der Waals surface area (Å²) in [5.41, 5.74) is 5.86. The highest BCUT2D eigenvalue weighted by Crippen LogP contribution is 2.33. The number of rotatable bonds is 8. The van der Waals surface area contributed by atoms with Crippen LogP contribution in [0, 0.1) is 11.8 Å². The third-order valence-corrected chi connectivity index (χ3v) is 4.12. The maximum Gasteiger partial charge on any atom is 0.0617 e. The Morgan fingerprint density at radius 3 is 2.59 bits per heavy atom. The molecule has 2 nitrogen and oxygen atoms in total. The fourth-order valence-electron chi connectivity index (χ4n) is 3.01. The van der Waals surface area contributed by atoms with E-state index in [4.69, 9.17) is 10.5 Å². The maximum atomic E-state index is 6.09. The van der Waals surface area contributed by atoms with Gasteiger partial charge in [-0.05, 0) is 44.1 Å². The fourth-order valence-corrected chi connectivity index (χ4v) is 3.01. The van der Waals surface area contributed by atoms with Crippen molar-refractivity contribution in [3.8, 4) is 0 Å². The Bertz CT molecular complexity index is 184. The van der Waals surface area contributed by atoms with Gasteiger partial charge in [-0.25, -0.2) is 0 Å². The average molecular weight is 241 g/mol. The van der Waals surface area contributed by atoms with Crippen molar-refractivity contribution in [3.05, 3.63) is 0 Å². The first-order chi connectivity index (χ1) is 8.31. The summed E-state index contributed by atoms with van der Waals surface area (Å²) in [7, 11) is 0. The largest absolute Gasteiger partial charge is 0.378 e. The van der Waals surface area contributed by atoms with Gasteiger partial charge in [0, 0.05) is 6.61 Å². The van der Waals surface area contributed by atoms with Crippen LogP contribution < -0.4 is 5.73 Å². The second-order valence-corrected chi connectivity index (χ2v) is 5.58. The molecule has 0 saturated heterocycles. The molecule has 0 aromatic carbocycles. The van der Waals surface area contributed by atoms with Gasteiger partial charge in [-0.3, -0.25) is 0 Å². The predicted molar refractivity (Wildman–Crippen MR) is 74.1 cm³/mol. The predicted octanol–water partition coefficient (Wildman–Crippen LogP) is 3.74. The summed E-state index contributed by atoms with van der Waals surface area (Å²) in [6, 6.07) is 0. The highest BCUT2D eigenvalue weighted by molar-refractivity contribution is 4.81. The van der Waals surface area contributed by atoms with E-state index in [2.05, 4.69) is 13.8 Å². The second-order valence-electron chi connectivity index (χ2n) is 5.58. The van der Waals surface area contributed by atoms with Crippen molar-refractivity contribution in [1.29, 1.82) is 0 Å². The van der Waals surface area contributed by atoms with Crippen LogP contribution in [0.4, 0.5) is 0 Å². The summed E-state index contributed by atoms with van der Waals surface area (Å²) in [4.78, 5) is 0. The van der Waals surface area contributed by atoms with Crippen molar-refractivity contribution in [2.75, 3.05) is 13.2 Å². The monoisotopic (exact) mass is 241 g/mol. The third-order valence-electron chi connectivity index (χ3n) is 4.12. The van der Waals surface area contributed by atoms with Crippen molar-refractivity contribution in [3.63, 3.8) is 0 Å². The summed E-state index contributed by atoms with van der Waals surface area (Å²) in [6.07, 6.45) is 10.8. The van der Waals surface area contributed by atoms with Crippen LogP contribution in [0.5, 0.6) is 0 Å². The Hall–Kier alpha value is -0.0800. The van der Waals surface area contributed by atoms with Crippen LogP contribution in [-0.2, 0) is 4.74 Å². The van der Waals surface area contributed by atoms with Gasteiger partial charge < -0.3 is 10.5 Å². The zero-order chi connectivity index (χ0) is 12.5. The van der Waals surface area contributed by atoms with Crippen molar-refractivity contribution in [2.24, 2.45) is 17.6 Å². The normalized spacial score (nSPS) is 29.5. The number of hydrogen-bond donors (Lipinski definition) is 1. The Morgan fingerprint density at radius 1 is 1.12 bits per heavy atom. The summed E-state index contributed by atoms with van der Waals surface area (Å²) in [5, 5.41) is 0. The first-order valence-electron chi connectivity index (χ1n) is 7.63. The molecule has 17 heavy (non-hydrogen) atoms. The zero-order valence-corrected chi connectivity index (χ0v) is 11.8. The highest BCUT2D eigenvalue weighted by Gasteiger charge is 2.29. The van der Waals surface area contributed by atoms with Crippen molar-refractivity contribution < 1.29 is 4.74 Å². The Kier molecular flexibility index (Phi) is 7.87. The van der Waals surface area contributed by atoms with Gasteiger partial charge in [0.1, 0.15) is 0 Å². The third kappa shape index (κ3) is 5.39. The molecule has 2 heteroatoms. The summed E-state index contributed by atoms with van der Waals surface area (Å²) >= 11 is 0. The molecule has 1 saturated carbocycles. The van der Waals surface area contributed by atoms with Crippen LogP contribution in [0.15, 0.2) is 0 Å². The van der Waals surface area contributed by atoms with Crippen molar-refractivity contribution >= 4 is 0 Å². The maximum absolute atomic E-state index is 6.09. The topological polar surface area (TPSA) is 35.2 Å². The highest BCUT2D eigenvalue weighted by atomic mass is 16.5. The number of nitrogens with two attached hydrogens (primary N) is 1. The molecule has 0 spiro atoms. The quantitative estimate of drug-likeness (QED) is 0.657. The molecule has 0 amide bonds. The smallest absolute Gasteiger partial charge is 0.0617 e. The molecule has 1 fully saturated rings. The minimum atomic E-state index is 0.446.